The Balaban J connectivity index is 2.07. The largest absolute Gasteiger partial charge is 0.456 e. The van der Waals surface area contributed by atoms with Crippen LogP contribution in [0.25, 0.3) is 11.7 Å². The molecule has 0 aliphatic carbocycles. The highest BCUT2D eigenvalue weighted by atomic mass is 16.5. The molecule has 0 unspecified atom stereocenters. The molecule has 0 atom stereocenters. The van der Waals surface area contributed by atoms with Gasteiger partial charge in [0.25, 0.3) is 5.89 Å². The summed E-state index contributed by atoms with van der Waals surface area (Å²) in [6.45, 7) is 6.78. The lowest BCUT2D eigenvalue weighted by molar-refractivity contribution is 0.401. The lowest BCUT2D eigenvalue weighted by Crippen LogP contribution is -2.22. The first kappa shape index (κ1) is 11.9. The first-order valence-corrected chi connectivity index (χ1v) is 5.84. The lowest BCUT2D eigenvalue weighted by atomic mass is 10.3. The third kappa shape index (κ3) is 2.94. The predicted molar refractivity (Wildman–Crippen MR) is 63.4 cm³/mol. The standard InChI is InChI=1S/C12H17N3O2/c1-4-9-5-6-10(16-9)12-14-11(15-17-12)7-13-8(2)3/h5-6,8,13H,4,7H2,1-3H3. The summed E-state index contributed by atoms with van der Waals surface area (Å²) in [6.07, 6.45) is 0.857. The summed E-state index contributed by atoms with van der Waals surface area (Å²) in [5.74, 6) is 2.62. The summed E-state index contributed by atoms with van der Waals surface area (Å²) < 4.78 is 10.7. The number of aryl methyl sites for hydroxylation is 1. The Morgan fingerprint density at radius 3 is 2.82 bits per heavy atom. The highest BCUT2D eigenvalue weighted by molar-refractivity contribution is 5.44. The zero-order chi connectivity index (χ0) is 12.3. The van der Waals surface area contributed by atoms with Gasteiger partial charge in [-0.15, -0.1) is 0 Å². The zero-order valence-electron chi connectivity index (χ0n) is 10.4. The van der Waals surface area contributed by atoms with Gasteiger partial charge in [0.15, 0.2) is 11.6 Å². The number of rotatable bonds is 5. The van der Waals surface area contributed by atoms with E-state index in [0.29, 0.717) is 30.1 Å². The van der Waals surface area contributed by atoms with Gasteiger partial charge >= 0.3 is 0 Å². The topological polar surface area (TPSA) is 64.1 Å². The number of hydrogen-bond donors (Lipinski definition) is 1. The van der Waals surface area contributed by atoms with E-state index in [1.165, 1.54) is 0 Å². The van der Waals surface area contributed by atoms with Gasteiger partial charge in [0.05, 0.1) is 6.54 Å². The zero-order valence-corrected chi connectivity index (χ0v) is 10.4. The fourth-order valence-electron chi connectivity index (χ4n) is 1.40. The maximum Gasteiger partial charge on any atom is 0.293 e. The summed E-state index contributed by atoms with van der Waals surface area (Å²) in [4.78, 5) is 4.27. The third-order valence-corrected chi connectivity index (χ3v) is 2.36. The molecule has 0 bridgehead atoms. The second-order valence-corrected chi connectivity index (χ2v) is 4.17. The number of nitrogens with zero attached hydrogens (tertiary/aromatic N) is 2. The Bertz CT molecular complexity index is 474. The van der Waals surface area contributed by atoms with Crippen molar-refractivity contribution >= 4 is 0 Å². The Kier molecular flexibility index (Phi) is 3.58. The van der Waals surface area contributed by atoms with Crippen molar-refractivity contribution in [1.82, 2.24) is 15.5 Å². The highest BCUT2D eigenvalue weighted by Crippen LogP contribution is 2.20. The predicted octanol–water partition coefficient (Wildman–Crippen LogP) is 2.39. The van der Waals surface area contributed by atoms with E-state index >= 15 is 0 Å². The van der Waals surface area contributed by atoms with Crippen LogP contribution in [-0.4, -0.2) is 16.2 Å². The average molecular weight is 235 g/mol. The Hall–Kier alpha value is -1.62. The SMILES string of the molecule is CCc1ccc(-c2nc(CNC(C)C)no2)o1. The number of nitrogens with one attached hydrogen (secondary N) is 1. The minimum absolute atomic E-state index is 0.396. The molecule has 0 fully saturated rings. The van der Waals surface area contributed by atoms with Crippen molar-refractivity contribution < 1.29 is 8.94 Å². The van der Waals surface area contributed by atoms with Crippen LogP contribution in [0.15, 0.2) is 21.1 Å². The molecule has 5 nitrogen and oxygen atoms in total. The van der Waals surface area contributed by atoms with Crippen molar-refractivity contribution in [2.24, 2.45) is 0 Å². The van der Waals surface area contributed by atoms with Gasteiger partial charge in [-0.2, -0.15) is 4.98 Å². The molecule has 2 aromatic rings. The van der Waals surface area contributed by atoms with Crippen molar-refractivity contribution in [3.63, 3.8) is 0 Å². The van der Waals surface area contributed by atoms with Gasteiger partial charge < -0.3 is 14.3 Å². The number of furan rings is 1. The van der Waals surface area contributed by atoms with Gasteiger partial charge in [0, 0.05) is 12.5 Å². The van der Waals surface area contributed by atoms with Crippen molar-refractivity contribution in [2.45, 2.75) is 39.8 Å². The molecule has 0 spiro atoms. The smallest absolute Gasteiger partial charge is 0.293 e. The molecule has 2 heterocycles. The van der Waals surface area contributed by atoms with Crippen LogP contribution in [0.5, 0.6) is 0 Å². The fraction of sp³-hybridized carbons (Fsp3) is 0.500. The van der Waals surface area contributed by atoms with Crippen molar-refractivity contribution in [1.29, 1.82) is 0 Å². The lowest BCUT2D eigenvalue weighted by Gasteiger charge is -2.02. The van der Waals surface area contributed by atoms with Crippen molar-refractivity contribution in [3.8, 4) is 11.7 Å². The molecule has 17 heavy (non-hydrogen) atoms. The van der Waals surface area contributed by atoms with Crippen LogP contribution in [0.3, 0.4) is 0 Å². The molecule has 0 amide bonds. The normalized spacial score (nSPS) is 11.3. The van der Waals surface area contributed by atoms with Crippen molar-refractivity contribution in [3.05, 3.63) is 23.7 Å². The quantitative estimate of drug-likeness (QED) is 0.862. The molecule has 5 heteroatoms. The van der Waals surface area contributed by atoms with Gasteiger partial charge in [-0.1, -0.05) is 25.9 Å². The molecule has 2 aromatic heterocycles. The van der Waals surface area contributed by atoms with Crippen LogP contribution in [0.4, 0.5) is 0 Å². The molecule has 0 saturated heterocycles. The minimum Gasteiger partial charge on any atom is -0.456 e. The van der Waals surface area contributed by atoms with Crippen LogP contribution in [0, 0.1) is 0 Å². The summed E-state index contributed by atoms with van der Waals surface area (Å²) in [5.41, 5.74) is 0. The van der Waals surface area contributed by atoms with E-state index in [0.717, 1.165) is 12.2 Å². The average Bonchev–Trinajstić information content (AvgIpc) is 2.94. The molecule has 0 aliphatic rings. The Morgan fingerprint density at radius 2 is 2.18 bits per heavy atom. The molecule has 1 N–H and O–H groups in total. The Morgan fingerprint density at radius 1 is 1.35 bits per heavy atom. The van der Waals surface area contributed by atoms with E-state index < -0.39 is 0 Å². The van der Waals surface area contributed by atoms with E-state index in [2.05, 4.69) is 29.3 Å². The maximum atomic E-state index is 5.54. The second kappa shape index (κ2) is 5.14. The molecule has 0 saturated carbocycles. The number of hydrogen-bond acceptors (Lipinski definition) is 5. The fourth-order valence-corrected chi connectivity index (χ4v) is 1.40. The van der Waals surface area contributed by atoms with Gasteiger partial charge in [0.1, 0.15) is 5.76 Å². The second-order valence-electron chi connectivity index (χ2n) is 4.17. The van der Waals surface area contributed by atoms with Crippen LogP contribution in [-0.2, 0) is 13.0 Å². The molecule has 0 aromatic carbocycles. The molecule has 0 aliphatic heterocycles. The summed E-state index contributed by atoms with van der Waals surface area (Å²) in [6, 6.07) is 4.17. The molecular formula is C12H17N3O2. The highest BCUT2D eigenvalue weighted by Gasteiger charge is 2.12. The van der Waals surface area contributed by atoms with Gasteiger partial charge in [0.2, 0.25) is 0 Å². The van der Waals surface area contributed by atoms with Crippen LogP contribution < -0.4 is 5.32 Å². The monoisotopic (exact) mass is 235 g/mol. The Labute approximate surface area is 100 Å². The summed E-state index contributed by atoms with van der Waals surface area (Å²) in [7, 11) is 0. The third-order valence-electron chi connectivity index (χ3n) is 2.36. The molecule has 92 valence electrons. The van der Waals surface area contributed by atoms with E-state index in [1.54, 1.807) is 0 Å². The molecule has 2 rings (SSSR count). The van der Waals surface area contributed by atoms with E-state index in [9.17, 15) is 0 Å². The van der Waals surface area contributed by atoms with Crippen LogP contribution >= 0.6 is 0 Å². The van der Waals surface area contributed by atoms with E-state index in [4.69, 9.17) is 8.94 Å². The summed E-state index contributed by atoms with van der Waals surface area (Å²) >= 11 is 0. The first-order valence-electron chi connectivity index (χ1n) is 5.84. The van der Waals surface area contributed by atoms with Gasteiger partial charge in [-0.05, 0) is 12.1 Å². The first-order chi connectivity index (χ1) is 8.19. The van der Waals surface area contributed by atoms with E-state index in [1.807, 2.05) is 19.1 Å². The van der Waals surface area contributed by atoms with E-state index in [-0.39, 0.29) is 0 Å². The maximum absolute atomic E-state index is 5.54. The minimum atomic E-state index is 0.396. The number of aromatic nitrogens is 2. The van der Waals surface area contributed by atoms with Crippen LogP contribution in [0.2, 0.25) is 0 Å². The summed E-state index contributed by atoms with van der Waals surface area (Å²) in [5, 5.41) is 7.12. The van der Waals surface area contributed by atoms with Gasteiger partial charge in [-0.25, -0.2) is 0 Å². The molecular weight excluding hydrogens is 218 g/mol. The van der Waals surface area contributed by atoms with Crippen LogP contribution in [0.1, 0.15) is 32.4 Å². The van der Waals surface area contributed by atoms with Gasteiger partial charge in [-0.3, -0.25) is 0 Å². The molecule has 0 radical (unpaired) electrons. The van der Waals surface area contributed by atoms with Crippen molar-refractivity contribution in [2.75, 3.05) is 0 Å².